The monoisotopic (exact) mass is 592 g/mol. The molecule has 3 aromatic carbocycles. The summed E-state index contributed by atoms with van der Waals surface area (Å²) in [7, 11) is -3.92. The van der Waals surface area contributed by atoms with E-state index in [9.17, 15) is 8.42 Å². The molecular weight excluding hydrogens is 548 g/mol. The summed E-state index contributed by atoms with van der Waals surface area (Å²) in [4.78, 5) is 2.76. The van der Waals surface area contributed by atoms with Gasteiger partial charge in [-0.3, -0.25) is 9.21 Å². The molecule has 8 heteroatoms. The first-order valence-electron chi connectivity index (χ1n) is 15.2. The molecule has 2 aliphatic heterocycles. The topological polar surface area (TPSA) is 68.3 Å². The highest BCUT2D eigenvalue weighted by Gasteiger charge is 2.33. The number of likely N-dealkylation sites (tertiary alicyclic amines) is 1. The second-order valence-electron chi connectivity index (χ2n) is 11.6. The van der Waals surface area contributed by atoms with E-state index in [0.29, 0.717) is 29.5 Å². The van der Waals surface area contributed by atoms with Gasteiger partial charge in [-0.05, 0) is 120 Å². The quantitative estimate of drug-likeness (QED) is 0.240. The van der Waals surface area contributed by atoms with Crippen LogP contribution in [0.1, 0.15) is 67.3 Å². The Bertz CT molecular complexity index is 1400. The lowest BCUT2D eigenvalue weighted by Crippen LogP contribution is -2.34. The Balaban J connectivity index is 1.42. The van der Waals surface area contributed by atoms with E-state index in [1.54, 1.807) is 0 Å². The van der Waals surface area contributed by atoms with Crippen LogP contribution in [0.5, 0.6) is 11.5 Å². The van der Waals surface area contributed by atoms with Crippen molar-refractivity contribution in [1.29, 1.82) is 0 Å². The van der Waals surface area contributed by atoms with Crippen molar-refractivity contribution in [2.45, 2.75) is 77.0 Å². The molecular formula is C34H44N2O5S. The van der Waals surface area contributed by atoms with Crippen LogP contribution in [0, 0.1) is 20.8 Å². The Kier molecular flexibility index (Phi) is 9.76. The molecule has 42 heavy (non-hydrogen) atoms. The van der Waals surface area contributed by atoms with Gasteiger partial charge in [0.1, 0.15) is 18.1 Å². The molecule has 226 valence electrons. The normalized spacial score (nSPS) is 18.5. The fourth-order valence-electron chi connectivity index (χ4n) is 6.15. The van der Waals surface area contributed by atoms with Gasteiger partial charge in [0.2, 0.25) is 0 Å². The number of nitrogens with zero attached hydrogens (tertiary/aromatic N) is 2. The van der Waals surface area contributed by atoms with Gasteiger partial charge in [0.05, 0.1) is 23.2 Å². The van der Waals surface area contributed by atoms with Crippen LogP contribution in [0.3, 0.4) is 0 Å². The van der Waals surface area contributed by atoms with Gasteiger partial charge >= 0.3 is 0 Å². The summed E-state index contributed by atoms with van der Waals surface area (Å²) in [5, 5.41) is 0. The molecule has 2 unspecified atom stereocenters. The number of hydrogen-bond donors (Lipinski definition) is 0. The molecule has 0 aliphatic carbocycles. The van der Waals surface area contributed by atoms with Crippen molar-refractivity contribution in [3.63, 3.8) is 0 Å². The maximum atomic E-state index is 14.5. The van der Waals surface area contributed by atoms with Gasteiger partial charge in [-0.15, -0.1) is 0 Å². The third-order valence-electron chi connectivity index (χ3n) is 8.21. The van der Waals surface area contributed by atoms with Crippen LogP contribution in [-0.2, 0) is 14.8 Å². The Morgan fingerprint density at radius 1 is 0.905 bits per heavy atom. The van der Waals surface area contributed by atoms with Crippen LogP contribution in [0.25, 0.3) is 0 Å². The standard InChI is InChI=1S/C34H44N2O5S/c1-25-23-26(2)34(27(3)24-25)42(37,38)36(30-12-16-31(17-13-30)39-22-20-35-18-6-7-19-35)28(4)29-10-14-32(15-11-29)41-33-9-5-8-21-40-33/h10-17,23-24,28,33H,5-9,18-22H2,1-4H3. The second-order valence-corrected chi connectivity index (χ2v) is 13.3. The molecule has 5 rings (SSSR count). The molecule has 2 heterocycles. The Hall–Kier alpha value is -3.07. The lowest BCUT2D eigenvalue weighted by molar-refractivity contribution is -0.105. The predicted molar refractivity (Wildman–Crippen MR) is 167 cm³/mol. The van der Waals surface area contributed by atoms with Gasteiger partial charge in [0, 0.05) is 13.0 Å². The predicted octanol–water partition coefficient (Wildman–Crippen LogP) is 6.95. The lowest BCUT2D eigenvalue weighted by Gasteiger charge is -2.32. The van der Waals surface area contributed by atoms with Crippen molar-refractivity contribution >= 4 is 15.7 Å². The highest BCUT2D eigenvalue weighted by Crippen LogP contribution is 2.37. The summed E-state index contributed by atoms with van der Waals surface area (Å²) in [5.41, 5.74) is 3.97. The molecule has 7 nitrogen and oxygen atoms in total. The molecule has 0 amide bonds. The van der Waals surface area contributed by atoms with Gasteiger partial charge in [0.25, 0.3) is 10.0 Å². The maximum Gasteiger partial charge on any atom is 0.265 e. The zero-order valence-electron chi connectivity index (χ0n) is 25.3. The summed E-state index contributed by atoms with van der Waals surface area (Å²) in [6, 6.07) is 18.5. The number of hydrogen-bond acceptors (Lipinski definition) is 6. The molecule has 0 N–H and O–H groups in total. The number of sulfonamides is 1. The number of anilines is 1. The van der Waals surface area contributed by atoms with Crippen LogP contribution in [0.2, 0.25) is 0 Å². The Morgan fingerprint density at radius 2 is 1.55 bits per heavy atom. The van der Waals surface area contributed by atoms with Crippen molar-refractivity contribution < 1.29 is 22.6 Å². The number of aryl methyl sites for hydroxylation is 3. The number of ether oxygens (including phenoxy) is 3. The fourth-order valence-corrected chi connectivity index (χ4v) is 8.21. The number of rotatable bonds is 11. The molecule has 0 saturated carbocycles. The van der Waals surface area contributed by atoms with Crippen LogP contribution in [0.15, 0.2) is 65.6 Å². The molecule has 0 radical (unpaired) electrons. The van der Waals surface area contributed by atoms with Gasteiger partial charge in [-0.1, -0.05) is 29.8 Å². The van der Waals surface area contributed by atoms with Crippen LogP contribution < -0.4 is 13.8 Å². The minimum Gasteiger partial charge on any atom is -0.492 e. The highest BCUT2D eigenvalue weighted by atomic mass is 32.2. The van der Waals surface area contributed by atoms with Gasteiger partial charge in [-0.25, -0.2) is 8.42 Å². The van der Waals surface area contributed by atoms with E-state index in [4.69, 9.17) is 14.2 Å². The highest BCUT2D eigenvalue weighted by molar-refractivity contribution is 7.93. The Labute approximate surface area is 251 Å². The van der Waals surface area contributed by atoms with Crippen molar-refractivity contribution in [3.8, 4) is 11.5 Å². The zero-order chi connectivity index (χ0) is 29.7. The summed E-state index contributed by atoms with van der Waals surface area (Å²) in [6.45, 7) is 12.1. The molecule has 2 saturated heterocycles. The molecule has 0 aromatic heterocycles. The van der Waals surface area contributed by atoms with E-state index in [0.717, 1.165) is 66.9 Å². The maximum absolute atomic E-state index is 14.5. The molecule has 0 spiro atoms. The van der Waals surface area contributed by atoms with E-state index in [1.165, 1.54) is 17.1 Å². The van der Waals surface area contributed by atoms with E-state index in [-0.39, 0.29) is 6.29 Å². The molecule has 3 aromatic rings. The average molecular weight is 593 g/mol. The van der Waals surface area contributed by atoms with Crippen molar-refractivity contribution in [1.82, 2.24) is 4.90 Å². The smallest absolute Gasteiger partial charge is 0.265 e. The molecule has 2 aliphatic rings. The average Bonchev–Trinajstić information content (AvgIpc) is 3.48. The number of benzene rings is 3. The lowest BCUT2D eigenvalue weighted by atomic mass is 10.1. The minimum atomic E-state index is -3.92. The summed E-state index contributed by atoms with van der Waals surface area (Å²) >= 11 is 0. The van der Waals surface area contributed by atoms with Gasteiger partial charge in [0.15, 0.2) is 6.29 Å². The van der Waals surface area contributed by atoms with Crippen molar-refractivity contribution in [2.24, 2.45) is 0 Å². The zero-order valence-corrected chi connectivity index (χ0v) is 26.2. The third kappa shape index (κ3) is 7.10. The molecule has 0 bridgehead atoms. The van der Waals surface area contributed by atoms with E-state index >= 15 is 0 Å². The van der Waals surface area contributed by atoms with Crippen LogP contribution in [-0.4, -0.2) is 52.5 Å². The van der Waals surface area contributed by atoms with E-state index in [1.807, 2.05) is 88.4 Å². The van der Waals surface area contributed by atoms with Crippen LogP contribution in [0.4, 0.5) is 5.69 Å². The summed E-state index contributed by atoms with van der Waals surface area (Å²) in [6.07, 6.45) is 5.29. The van der Waals surface area contributed by atoms with E-state index in [2.05, 4.69) is 4.90 Å². The first-order valence-corrected chi connectivity index (χ1v) is 16.6. The fraction of sp³-hybridized carbons (Fsp3) is 0.471. The first-order chi connectivity index (χ1) is 20.2. The minimum absolute atomic E-state index is 0.234. The third-order valence-corrected chi connectivity index (χ3v) is 10.4. The molecule has 2 fully saturated rings. The molecule has 2 atom stereocenters. The Morgan fingerprint density at radius 3 is 2.17 bits per heavy atom. The summed E-state index contributed by atoms with van der Waals surface area (Å²) in [5.74, 6) is 1.45. The largest absolute Gasteiger partial charge is 0.492 e. The van der Waals surface area contributed by atoms with Crippen LogP contribution >= 0.6 is 0 Å². The van der Waals surface area contributed by atoms with Crippen molar-refractivity contribution in [2.75, 3.05) is 37.2 Å². The summed E-state index contributed by atoms with van der Waals surface area (Å²) < 4.78 is 48.2. The van der Waals surface area contributed by atoms with Crippen molar-refractivity contribution in [3.05, 3.63) is 82.9 Å². The SMILES string of the molecule is Cc1cc(C)c(S(=O)(=O)N(c2ccc(OCCN3CCCC3)cc2)C(C)c2ccc(OC3CCCCO3)cc2)c(C)c1. The van der Waals surface area contributed by atoms with Gasteiger partial charge in [-0.2, -0.15) is 0 Å². The second kappa shape index (κ2) is 13.5. The van der Waals surface area contributed by atoms with Gasteiger partial charge < -0.3 is 14.2 Å². The first kappa shape index (κ1) is 30.4. The van der Waals surface area contributed by atoms with E-state index < -0.39 is 16.1 Å².